The third-order valence-electron chi connectivity index (χ3n) is 2.42. The largest absolute Gasteiger partial charge is 0.302 e. The van der Waals surface area contributed by atoms with Crippen molar-refractivity contribution in [2.24, 2.45) is 0 Å². The summed E-state index contributed by atoms with van der Waals surface area (Å²) in [5.74, 6) is 2.49. The first-order valence-corrected chi connectivity index (χ1v) is 6.55. The molecule has 1 atom stereocenters. The first kappa shape index (κ1) is 13.5. The lowest BCUT2D eigenvalue weighted by Crippen LogP contribution is -2.50. The molecule has 3 nitrogen and oxygen atoms in total. The van der Waals surface area contributed by atoms with Gasteiger partial charge >= 0.3 is 0 Å². The third kappa shape index (κ3) is 3.00. The lowest BCUT2D eigenvalue weighted by atomic mass is 10.0. The van der Waals surface area contributed by atoms with Crippen LogP contribution in [-0.2, 0) is 9.84 Å². The van der Waals surface area contributed by atoms with E-state index in [1.807, 2.05) is 6.92 Å². The molecule has 0 amide bonds. The van der Waals surface area contributed by atoms with Crippen LogP contribution in [0.3, 0.4) is 0 Å². The van der Waals surface area contributed by atoms with Crippen LogP contribution in [0, 0.1) is 12.3 Å². The Labute approximate surface area is 87.2 Å². The zero-order chi connectivity index (χ0) is 11.4. The average Bonchev–Trinajstić information content (AvgIpc) is 2.03. The zero-order valence-electron chi connectivity index (χ0n) is 9.29. The fourth-order valence-electron chi connectivity index (χ4n) is 1.01. The summed E-state index contributed by atoms with van der Waals surface area (Å²) in [5, 5.41) is 3.05. The second-order valence-corrected chi connectivity index (χ2v) is 6.53. The molecule has 0 bridgehead atoms. The first-order valence-electron chi connectivity index (χ1n) is 4.66. The monoisotopic (exact) mass is 217 g/mol. The maximum absolute atomic E-state index is 11.5. The molecule has 0 heterocycles. The molecular weight excluding hydrogens is 198 g/mol. The highest BCUT2D eigenvalue weighted by molar-refractivity contribution is 7.92. The van der Waals surface area contributed by atoms with E-state index in [1.165, 1.54) is 6.26 Å². The molecule has 0 rings (SSSR count). The molecule has 0 radical (unpaired) electrons. The Hall–Kier alpha value is -0.530. The van der Waals surface area contributed by atoms with E-state index in [-0.39, 0.29) is 0 Å². The van der Waals surface area contributed by atoms with Gasteiger partial charge in [0.05, 0.1) is 10.8 Å². The van der Waals surface area contributed by atoms with E-state index >= 15 is 0 Å². The minimum Gasteiger partial charge on any atom is -0.302 e. The summed E-state index contributed by atoms with van der Waals surface area (Å²) in [6, 6.07) is -0.433. The van der Waals surface area contributed by atoms with Crippen molar-refractivity contribution in [1.82, 2.24) is 5.32 Å². The van der Waals surface area contributed by atoms with Crippen molar-refractivity contribution in [2.75, 3.05) is 12.8 Å². The molecule has 14 heavy (non-hydrogen) atoms. The Morgan fingerprint density at radius 2 is 2.00 bits per heavy atom. The molecule has 4 heteroatoms. The molecule has 1 N–H and O–H groups in total. The van der Waals surface area contributed by atoms with Gasteiger partial charge in [0, 0.05) is 6.26 Å². The van der Waals surface area contributed by atoms with E-state index in [0.29, 0.717) is 0 Å². The molecule has 0 fully saturated rings. The van der Waals surface area contributed by atoms with E-state index in [0.717, 1.165) is 13.0 Å². The predicted octanol–water partition coefficient (Wildman–Crippen LogP) is 0.811. The summed E-state index contributed by atoms with van der Waals surface area (Å²) in [6.07, 6.45) is 7.46. The second kappa shape index (κ2) is 4.81. The molecule has 0 aliphatic carbocycles. The topological polar surface area (TPSA) is 46.2 Å². The second-order valence-electron chi connectivity index (χ2n) is 3.93. The van der Waals surface area contributed by atoms with Gasteiger partial charge < -0.3 is 5.32 Å². The Balaban J connectivity index is 4.78. The molecule has 0 aromatic carbocycles. The van der Waals surface area contributed by atoms with Crippen LogP contribution in [0.1, 0.15) is 27.2 Å². The maximum atomic E-state index is 11.5. The lowest BCUT2D eigenvalue weighted by Gasteiger charge is -2.29. The Kier molecular flexibility index (Phi) is 4.63. The average molecular weight is 217 g/mol. The van der Waals surface area contributed by atoms with Crippen molar-refractivity contribution >= 4 is 9.84 Å². The summed E-state index contributed by atoms with van der Waals surface area (Å²) >= 11 is 0. The van der Waals surface area contributed by atoms with Gasteiger partial charge in [0.1, 0.15) is 0 Å². The zero-order valence-corrected chi connectivity index (χ0v) is 10.1. The minimum absolute atomic E-state index is 0.433. The van der Waals surface area contributed by atoms with Crippen LogP contribution in [0.2, 0.25) is 0 Å². The van der Waals surface area contributed by atoms with Gasteiger partial charge in [-0.3, -0.25) is 0 Å². The smallest absolute Gasteiger partial charge is 0.155 e. The van der Waals surface area contributed by atoms with Gasteiger partial charge in [-0.15, -0.1) is 6.42 Å². The number of rotatable bonds is 5. The SMILES string of the molecule is C#CC(NCCC)C(C)(C)S(C)(=O)=O. The highest BCUT2D eigenvalue weighted by Gasteiger charge is 2.37. The van der Waals surface area contributed by atoms with Crippen molar-refractivity contribution in [3.63, 3.8) is 0 Å². The highest BCUT2D eigenvalue weighted by atomic mass is 32.2. The Morgan fingerprint density at radius 3 is 2.29 bits per heavy atom. The Morgan fingerprint density at radius 1 is 1.50 bits per heavy atom. The molecule has 82 valence electrons. The van der Waals surface area contributed by atoms with E-state index in [2.05, 4.69) is 11.2 Å². The summed E-state index contributed by atoms with van der Waals surface area (Å²) in [4.78, 5) is 0. The van der Waals surface area contributed by atoms with Crippen LogP contribution in [0.25, 0.3) is 0 Å². The van der Waals surface area contributed by atoms with Crippen LogP contribution in [0.5, 0.6) is 0 Å². The normalized spacial score (nSPS) is 14.8. The standard InChI is InChI=1S/C10H19NO2S/c1-6-8-11-9(7-2)10(3,4)14(5,12)13/h2,9,11H,6,8H2,1,3-5H3. The molecule has 0 saturated carbocycles. The fourth-order valence-corrected chi connectivity index (χ4v) is 1.59. The number of hydrogen-bond donors (Lipinski definition) is 1. The van der Waals surface area contributed by atoms with Crippen molar-refractivity contribution in [2.45, 2.75) is 38.0 Å². The van der Waals surface area contributed by atoms with E-state index < -0.39 is 20.6 Å². The van der Waals surface area contributed by atoms with Crippen LogP contribution in [0.4, 0.5) is 0 Å². The fraction of sp³-hybridized carbons (Fsp3) is 0.800. The summed E-state index contributed by atoms with van der Waals surface area (Å²) in [7, 11) is -3.15. The van der Waals surface area contributed by atoms with Gasteiger partial charge in [0.15, 0.2) is 9.84 Å². The van der Waals surface area contributed by atoms with Crippen LogP contribution < -0.4 is 5.32 Å². The molecule has 0 aliphatic rings. The van der Waals surface area contributed by atoms with E-state index in [1.54, 1.807) is 13.8 Å². The van der Waals surface area contributed by atoms with Gasteiger partial charge in [-0.25, -0.2) is 8.42 Å². The quantitative estimate of drug-likeness (QED) is 0.693. The number of nitrogens with one attached hydrogen (secondary N) is 1. The molecular formula is C10H19NO2S. The predicted molar refractivity (Wildman–Crippen MR) is 59.8 cm³/mol. The number of terminal acetylenes is 1. The van der Waals surface area contributed by atoms with Gasteiger partial charge in [-0.1, -0.05) is 12.8 Å². The van der Waals surface area contributed by atoms with Gasteiger partial charge in [-0.2, -0.15) is 0 Å². The van der Waals surface area contributed by atoms with Gasteiger partial charge in [-0.05, 0) is 26.8 Å². The Bertz CT molecular complexity index is 312. The molecule has 0 aromatic heterocycles. The summed E-state index contributed by atoms with van der Waals surface area (Å²) in [5.41, 5.74) is 0. The van der Waals surface area contributed by atoms with Gasteiger partial charge in [0.2, 0.25) is 0 Å². The molecule has 1 unspecified atom stereocenters. The van der Waals surface area contributed by atoms with Crippen LogP contribution >= 0.6 is 0 Å². The van der Waals surface area contributed by atoms with Crippen LogP contribution in [0.15, 0.2) is 0 Å². The summed E-state index contributed by atoms with van der Waals surface area (Å²) < 4.78 is 22.0. The molecule has 0 spiro atoms. The third-order valence-corrected chi connectivity index (χ3v) is 4.56. The summed E-state index contributed by atoms with van der Waals surface area (Å²) in [6.45, 7) is 6.03. The highest BCUT2D eigenvalue weighted by Crippen LogP contribution is 2.19. The van der Waals surface area contributed by atoms with Crippen molar-refractivity contribution in [3.8, 4) is 12.3 Å². The van der Waals surface area contributed by atoms with Gasteiger partial charge in [0.25, 0.3) is 0 Å². The lowest BCUT2D eigenvalue weighted by molar-refractivity contribution is 0.472. The minimum atomic E-state index is -3.15. The number of hydrogen-bond acceptors (Lipinski definition) is 3. The molecule has 0 saturated heterocycles. The van der Waals surface area contributed by atoms with E-state index in [9.17, 15) is 8.42 Å². The van der Waals surface area contributed by atoms with Crippen molar-refractivity contribution in [1.29, 1.82) is 0 Å². The maximum Gasteiger partial charge on any atom is 0.155 e. The molecule has 0 aliphatic heterocycles. The van der Waals surface area contributed by atoms with Crippen LogP contribution in [-0.4, -0.2) is 32.0 Å². The van der Waals surface area contributed by atoms with Crippen molar-refractivity contribution in [3.05, 3.63) is 0 Å². The number of sulfone groups is 1. The van der Waals surface area contributed by atoms with E-state index in [4.69, 9.17) is 6.42 Å². The first-order chi connectivity index (χ1) is 6.27. The van der Waals surface area contributed by atoms with Crippen molar-refractivity contribution < 1.29 is 8.42 Å². The molecule has 0 aromatic rings.